The molecule has 0 aliphatic heterocycles. The van der Waals surface area contributed by atoms with Crippen molar-refractivity contribution < 1.29 is 9.53 Å². The van der Waals surface area contributed by atoms with Crippen molar-refractivity contribution in [1.29, 1.82) is 0 Å². The Morgan fingerprint density at radius 3 is 2.93 bits per heavy atom. The Bertz CT molecular complexity index is 1060. The first-order valence-electron chi connectivity index (χ1n) is 9.20. The maximum atomic E-state index is 13.4. The summed E-state index contributed by atoms with van der Waals surface area (Å²) in [5.74, 6) is 0.0873. The van der Waals surface area contributed by atoms with Crippen LogP contribution in [0.4, 0.5) is 0 Å². The molecule has 0 bridgehead atoms. The van der Waals surface area contributed by atoms with E-state index in [1.165, 1.54) is 16.6 Å². The molecule has 3 aromatic rings. The van der Waals surface area contributed by atoms with Gasteiger partial charge >= 0.3 is 0 Å². The van der Waals surface area contributed by atoms with Crippen LogP contribution in [0, 0.1) is 0 Å². The number of amides is 1. The molecule has 0 saturated heterocycles. The Morgan fingerprint density at radius 2 is 2.14 bits per heavy atom. The van der Waals surface area contributed by atoms with E-state index in [2.05, 4.69) is 5.32 Å². The topological polar surface area (TPSA) is 73.2 Å². The first kappa shape index (κ1) is 19.2. The molecule has 1 amide bonds. The van der Waals surface area contributed by atoms with Crippen LogP contribution in [-0.4, -0.2) is 41.5 Å². The van der Waals surface area contributed by atoms with E-state index in [9.17, 15) is 9.59 Å². The summed E-state index contributed by atoms with van der Waals surface area (Å²) in [6.45, 7) is 0.932. The number of methoxy groups -OCH3 is 1. The molecule has 0 saturated carbocycles. The Hall–Kier alpha value is -2.16. The lowest BCUT2D eigenvalue weighted by molar-refractivity contribution is -0.118. The van der Waals surface area contributed by atoms with Crippen molar-refractivity contribution in [2.75, 3.05) is 26.0 Å². The van der Waals surface area contributed by atoms with Gasteiger partial charge in [-0.1, -0.05) is 30.0 Å². The summed E-state index contributed by atoms with van der Waals surface area (Å²) >= 11 is 2.90. The fourth-order valence-corrected chi connectivity index (χ4v) is 5.55. The minimum absolute atomic E-state index is 0.0436. The van der Waals surface area contributed by atoms with Gasteiger partial charge < -0.3 is 10.1 Å². The van der Waals surface area contributed by atoms with Crippen molar-refractivity contribution in [2.24, 2.45) is 0 Å². The van der Waals surface area contributed by atoms with Crippen molar-refractivity contribution in [1.82, 2.24) is 14.9 Å². The van der Waals surface area contributed by atoms with Crippen LogP contribution < -0.4 is 10.9 Å². The SMILES string of the molecule is COCCNC(=O)CSc1nc2sc3c(c2c(=O)n1-c1ccccc1)CCC3. The second kappa shape index (κ2) is 8.46. The molecule has 0 atom stereocenters. The third-order valence-corrected chi connectivity index (χ3v) is 6.81. The van der Waals surface area contributed by atoms with Crippen LogP contribution in [0.25, 0.3) is 15.9 Å². The number of thiophene rings is 1. The van der Waals surface area contributed by atoms with Gasteiger partial charge in [0, 0.05) is 18.5 Å². The first-order valence-corrected chi connectivity index (χ1v) is 11.0. The zero-order valence-electron chi connectivity index (χ0n) is 15.6. The molecule has 146 valence electrons. The number of benzene rings is 1. The number of carbonyl (C=O) groups excluding carboxylic acids is 1. The Kier molecular flexibility index (Phi) is 5.79. The molecule has 2 heterocycles. The fourth-order valence-electron chi connectivity index (χ4n) is 3.40. The van der Waals surface area contributed by atoms with Gasteiger partial charge in [-0.05, 0) is 37.0 Å². The van der Waals surface area contributed by atoms with Gasteiger partial charge in [-0.15, -0.1) is 11.3 Å². The lowest BCUT2D eigenvalue weighted by Gasteiger charge is -2.12. The molecule has 1 aliphatic rings. The predicted molar refractivity (Wildman–Crippen MR) is 113 cm³/mol. The summed E-state index contributed by atoms with van der Waals surface area (Å²) < 4.78 is 6.59. The Balaban J connectivity index is 1.72. The molecule has 1 N–H and O–H groups in total. The zero-order valence-corrected chi connectivity index (χ0v) is 17.2. The lowest BCUT2D eigenvalue weighted by atomic mass is 10.2. The van der Waals surface area contributed by atoms with Gasteiger partial charge in [0.2, 0.25) is 5.91 Å². The highest BCUT2D eigenvalue weighted by Gasteiger charge is 2.24. The summed E-state index contributed by atoms with van der Waals surface area (Å²) in [6.07, 6.45) is 3.06. The van der Waals surface area contributed by atoms with Gasteiger partial charge in [0.05, 0.1) is 23.4 Å². The number of nitrogens with zero attached hydrogens (tertiary/aromatic N) is 2. The summed E-state index contributed by atoms with van der Waals surface area (Å²) in [5.41, 5.74) is 1.89. The quantitative estimate of drug-likeness (QED) is 0.365. The first-order chi connectivity index (χ1) is 13.7. The number of rotatable bonds is 7. The second-order valence-corrected chi connectivity index (χ2v) is 8.57. The predicted octanol–water partition coefficient (Wildman–Crippen LogP) is 2.79. The third-order valence-electron chi connectivity index (χ3n) is 4.68. The molecule has 1 aliphatic carbocycles. The molecule has 6 nitrogen and oxygen atoms in total. The minimum Gasteiger partial charge on any atom is -0.383 e. The molecule has 0 radical (unpaired) electrons. The summed E-state index contributed by atoms with van der Waals surface area (Å²) in [7, 11) is 1.59. The number of para-hydroxylation sites is 1. The molecule has 28 heavy (non-hydrogen) atoms. The van der Waals surface area contributed by atoms with Crippen molar-refractivity contribution in [3.05, 3.63) is 51.1 Å². The summed E-state index contributed by atoms with van der Waals surface area (Å²) in [5, 5.41) is 4.09. The van der Waals surface area contributed by atoms with Gasteiger partial charge in [0.1, 0.15) is 4.83 Å². The monoisotopic (exact) mass is 415 g/mol. The highest BCUT2D eigenvalue weighted by molar-refractivity contribution is 7.99. The van der Waals surface area contributed by atoms with E-state index in [-0.39, 0.29) is 17.2 Å². The van der Waals surface area contributed by atoms with Crippen molar-refractivity contribution in [3.8, 4) is 5.69 Å². The zero-order chi connectivity index (χ0) is 19.5. The highest BCUT2D eigenvalue weighted by Crippen LogP contribution is 2.36. The van der Waals surface area contributed by atoms with Crippen LogP contribution in [0.5, 0.6) is 0 Å². The van der Waals surface area contributed by atoms with E-state index in [0.29, 0.717) is 18.3 Å². The smallest absolute Gasteiger partial charge is 0.267 e. The number of carbonyl (C=O) groups is 1. The van der Waals surface area contributed by atoms with Crippen LogP contribution in [0.2, 0.25) is 0 Å². The number of aryl methyl sites for hydroxylation is 2. The van der Waals surface area contributed by atoms with Gasteiger partial charge in [-0.2, -0.15) is 0 Å². The van der Waals surface area contributed by atoms with E-state index in [1.54, 1.807) is 23.0 Å². The van der Waals surface area contributed by atoms with E-state index in [0.717, 1.165) is 40.7 Å². The number of nitrogens with one attached hydrogen (secondary N) is 1. The average Bonchev–Trinajstić information content (AvgIpc) is 3.28. The van der Waals surface area contributed by atoms with Gasteiger partial charge in [-0.25, -0.2) is 4.98 Å². The number of hydrogen-bond donors (Lipinski definition) is 1. The second-order valence-electron chi connectivity index (χ2n) is 6.54. The van der Waals surface area contributed by atoms with Crippen LogP contribution in [-0.2, 0) is 22.4 Å². The third kappa shape index (κ3) is 3.72. The van der Waals surface area contributed by atoms with E-state index in [1.807, 2.05) is 30.3 Å². The molecule has 2 aromatic heterocycles. The lowest BCUT2D eigenvalue weighted by Crippen LogP contribution is -2.29. The van der Waals surface area contributed by atoms with Gasteiger partial charge in [-0.3, -0.25) is 14.2 Å². The van der Waals surface area contributed by atoms with Crippen molar-refractivity contribution >= 4 is 39.2 Å². The van der Waals surface area contributed by atoms with Crippen LogP contribution >= 0.6 is 23.1 Å². The van der Waals surface area contributed by atoms with E-state index in [4.69, 9.17) is 9.72 Å². The molecule has 0 spiro atoms. The van der Waals surface area contributed by atoms with Gasteiger partial charge in [0.15, 0.2) is 5.16 Å². The highest BCUT2D eigenvalue weighted by atomic mass is 32.2. The van der Waals surface area contributed by atoms with Gasteiger partial charge in [0.25, 0.3) is 5.56 Å². The average molecular weight is 416 g/mol. The Labute approximate surface area is 170 Å². The number of hydrogen-bond acceptors (Lipinski definition) is 6. The summed E-state index contributed by atoms with van der Waals surface area (Å²) in [4.78, 5) is 32.4. The fraction of sp³-hybridized carbons (Fsp3) is 0.350. The molecular formula is C20H21N3O3S2. The van der Waals surface area contributed by atoms with Crippen molar-refractivity contribution in [2.45, 2.75) is 24.4 Å². The van der Waals surface area contributed by atoms with E-state index < -0.39 is 0 Å². The number of ether oxygens (including phenoxy) is 1. The summed E-state index contributed by atoms with van der Waals surface area (Å²) in [6, 6.07) is 9.50. The Morgan fingerprint density at radius 1 is 1.32 bits per heavy atom. The minimum atomic E-state index is -0.107. The number of fused-ring (bicyclic) bond motifs is 3. The number of thioether (sulfide) groups is 1. The normalized spacial score (nSPS) is 13.0. The largest absolute Gasteiger partial charge is 0.383 e. The molecule has 8 heteroatoms. The number of aromatic nitrogens is 2. The maximum Gasteiger partial charge on any atom is 0.267 e. The molecule has 4 rings (SSSR count). The van der Waals surface area contributed by atoms with Crippen LogP contribution in [0.1, 0.15) is 16.9 Å². The molecule has 1 aromatic carbocycles. The molecular weight excluding hydrogens is 394 g/mol. The maximum absolute atomic E-state index is 13.4. The van der Waals surface area contributed by atoms with Crippen molar-refractivity contribution in [3.63, 3.8) is 0 Å². The van der Waals surface area contributed by atoms with E-state index >= 15 is 0 Å². The standard InChI is InChI=1S/C20H21N3O3S2/c1-26-11-10-21-16(24)12-27-20-22-18-17(14-8-5-9-15(14)28-18)19(25)23(20)13-6-3-2-4-7-13/h2-4,6-7H,5,8-12H2,1H3,(H,21,24). The molecule has 0 unspecified atom stereocenters. The van der Waals surface area contributed by atoms with Crippen LogP contribution in [0.3, 0.4) is 0 Å². The molecule has 0 fully saturated rings. The van der Waals surface area contributed by atoms with Crippen LogP contribution in [0.15, 0.2) is 40.3 Å².